The summed E-state index contributed by atoms with van der Waals surface area (Å²) in [6, 6.07) is 0. The van der Waals surface area contributed by atoms with Crippen molar-refractivity contribution in [2.75, 3.05) is 0 Å². The molecule has 0 spiro atoms. The van der Waals surface area contributed by atoms with E-state index in [0.717, 1.165) is 0 Å². The number of imidazole rings is 1. The molecule has 0 fully saturated rings. The van der Waals surface area contributed by atoms with Gasteiger partial charge in [-0.3, -0.25) is 4.79 Å². The minimum absolute atomic E-state index is 0.0652. The number of nitrogens with zero attached hydrogens (tertiary/aromatic N) is 2. The molecule has 0 aliphatic carbocycles. The zero-order valence-corrected chi connectivity index (χ0v) is 8.61. The fourth-order valence-corrected chi connectivity index (χ4v) is 1.13. The summed E-state index contributed by atoms with van der Waals surface area (Å²) in [5, 5.41) is 0. The number of aryl methyl sites for hydroxylation is 1. The van der Waals surface area contributed by atoms with Crippen molar-refractivity contribution in [3.05, 3.63) is 18.2 Å². The van der Waals surface area contributed by atoms with Crippen molar-refractivity contribution >= 4 is 5.78 Å². The minimum Gasteiger partial charge on any atom is -0.331 e. The maximum atomic E-state index is 11.8. The Morgan fingerprint density at radius 1 is 1.46 bits per heavy atom. The summed E-state index contributed by atoms with van der Waals surface area (Å²) in [7, 11) is 1.84. The molecule has 0 aromatic carbocycles. The molecule has 0 aliphatic heterocycles. The highest BCUT2D eigenvalue weighted by Crippen LogP contribution is 2.15. The monoisotopic (exact) mass is 180 g/mol. The lowest BCUT2D eigenvalue weighted by Gasteiger charge is -2.13. The molecule has 1 aromatic rings. The summed E-state index contributed by atoms with van der Waals surface area (Å²) < 4.78 is 1.77. The molecule has 1 unspecified atom stereocenters. The van der Waals surface area contributed by atoms with Crippen LogP contribution in [0.25, 0.3) is 0 Å². The van der Waals surface area contributed by atoms with Crippen molar-refractivity contribution in [1.29, 1.82) is 0 Å². The topological polar surface area (TPSA) is 34.9 Å². The number of Topliss-reactive ketones (excluding diaryl/α,β-unsaturated/α-hetero) is 1. The summed E-state index contributed by atoms with van der Waals surface area (Å²) in [4.78, 5) is 15.7. The second-order valence-corrected chi connectivity index (χ2v) is 3.79. The fraction of sp³-hybridized carbons (Fsp3) is 0.600. The third-order valence-electron chi connectivity index (χ3n) is 2.48. The van der Waals surface area contributed by atoms with Crippen molar-refractivity contribution in [2.24, 2.45) is 18.9 Å². The number of rotatable bonds is 3. The number of carbonyl (C=O) groups excluding carboxylic acids is 1. The molecule has 0 radical (unpaired) electrons. The minimum atomic E-state index is 0.0652. The van der Waals surface area contributed by atoms with E-state index in [0.29, 0.717) is 11.6 Å². The lowest BCUT2D eigenvalue weighted by Crippen LogP contribution is -2.19. The molecule has 0 aliphatic rings. The fourth-order valence-electron chi connectivity index (χ4n) is 1.13. The zero-order chi connectivity index (χ0) is 10.0. The molecular formula is C10H16N2O. The summed E-state index contributed by atoms with van der Waals surface area (Å²) in [6.07, 6.45) is 3.28. The van der Waals surface area contributed by atoms with Crippen LogP contribution in [0.15, 0.2) is 12.5 Å². The highest BCUT2D eigenvalue weighted by molar-refractivity contribution is 5.96. The first-order chi connectivity index (χ1) is 6.04. The van der Waals surface area contributed by atoms with Gasteiger partial charge in [0.1, 0.15) is 5.69 Å². The van der Waals surface area contributed by atoms with Crippen LogP contribution in [0.5, 0.6) is 0 Å². The molecule has 1 heterocycles. The van der Waals surface area contributed by atoms with Gasteiger partial charge >= 0.3 is 0 Å². The van der Waals surface area contributed by atoms with Crippen molar-refractivity contribution < 1.29 is 4.79 Å². The van der Waals surface area contributed by atoms with Gasteiger partial charge in [-0.15, -0.1) is 0 Å². The molecule has 0 N–H and O–H groups in total. The number of hydrogen-bond donors (Lipinski definition) is 0. The Morgan fingerprint density at radius 2 is 2.08 bits per heavy atom. The van der Waals surface area contributed by atoms with E-state index >= 15 is 0 Å². The Hall–Kier alpha value is -1.12. The first kappa shape index (κ1) is 9.96. The van der Waals surface area contributed by atoms with Crippen LogP contribution >= 0.6 is 0 Å². The number of ketones is 1. The van der Waals surface area contributed by atoms with Crippen LogP contribution in [0.1, 0.15) is 31.3 Å². The Bertz CT molecular complexity index is 302. The van der Waals surface area contributed by atoms with Crippen LogP contribution in [0, 0.1) is 11.8 Å². The van der Waals surface area contributed by atoms with Crippen LogP contribution in [0.2, 0.25) is 0 Å². The molecular weight excluding hydrogens is 164 g/mol. The van der Waals surface area contributed by atoms with Crippen LogP contribution < -0.4 is 0 Å². The molecule has 0 bridgehead atoms. The largest absolute Gasteiger partial charge is 0.331 e. The molecule has 0 amide bonds. The number of carbonyl (C=O) groups is 1. The van der Waals surface area contributed by atoms with Crippen molar-refractivity contribution in [1.82, 2.24) is 9.55 Å². The van der Waals surface area contributed by atoms with E-state index in [1.807, 2.05) is 14.0 Å². The smallest absolute Gasteiger partial charge is 0.183 e. The van der Waals surface area contributed by atoms with Crippen LogP contribution in [-0.2, 0) is 7.05 Å². The Labute approximate surface area is 78.8 Å². The van der Waals surface area contributed by atoms with Crippen molar-refractivity contribution in [3.8, 4) is 0 Å². The van der Waals surface area contributed by atoms with Gasteiger partial charge in [0.05, 0.1) is 12.5 Å². The van der Waals surface area contributed by atoms with Crippen molar-refractivity contribution in [3.63, 3.8) is 0 Å². The van der Waals surface area contributed by atoms with E-state index in [-0.39, 0.29) is 11.7 Å². The number of aromatic nitrogens is 2. The quantitative estimate of drug-likeness (QED) is 0.666. The third-order valence-corrected chi connectivity index (χ3v) is 2.48. The van der Waals surface area contributed by atoms with Gasteiger partial charge in [-0.1, -0.05) is 20.8 Å². The predicted octanol–water partition coefficient (Wildman–Crippen LogP) is 1.89. The van der Waals surface area contributed by atoms with Gasteiger partial charge in [-0.05, 0) is 5.92 Å². The summed E-state index contributed by atoms with van der Waals surface area (Å²) in [5.41, 5.74) is 0.696. The molecule has 1 atom stereocenters. The van der Waals surface area contributed by atoms with Gasteiger partial charge in [0.2, 0.25) is 0 Å². The highest BCUT2D eigenvalue weighted by Gasteiger charge is 2.20. The van der Waals surface area contributed by atoms with Gasteiger partial charge in [-0.25, -0.2) is 4.98 Å². The average molecular weight is 180 g/mol. The van der Waals surface area contributed by atoms with Crippen LogP contribution in [-0.4, -0.2) is 15.3 Å². The third kappa shape index (κ3) is 1.97. The lowest BCUT2D eigenvalue weighted by atomic mass is 9.92. The van der Waals surface area contributed by atoms with Gasteiger partial charge in [0.15, 0.2) is 5.78 Å². The molecule has 13 heavy (non-hydrogen) atoms. The van der Waals surface area contributed by atoms with E-state index in [4.69, 9.17) is 0 Å². The SMILES string of the molecule is CC(C)C(C)C(=O)c1cncn1C. The lowest BCUT2D eigenvalue weighted by molar-refractivity contribution is 0.0891. The Morgan fingerprint density at radius 3 is 2.46 bits per heavy atom. The van der Waals surface area contributed by atoms with E-state index in [1.54, 1.807) is 17.1 Å². The van der Waals surface area contributed by atoms with Gasteiger partial charge in [0.25, 0.3) is 0 Å². The van der Waals surface area contributed by atoms with Crippen LogP contribution in [0.3, 0.4) is 0 Å². The Balaban J connectivity index is 2.86. The summed E-state index contributed by atoms with van der Waals surface area (Å²) in [6.45, 7) is 6.07. The highest BCUT2D eigenvalue weighted by atomic mass is 16.1. The maximum absolute atomic E-state index is 11.8. The van der Waals surface area contributed by atoms with Gasteiger partial charge < -0.3 is 4.57 Å². The summed E-state index contributed by atoms with van der Waals surface area (Å²) >= 11 is 0. The van der Waals surface area contributed by atoms with E-state index in [9.17, 15) is 4.79 Å². The second-order valence-electron chi connectivity index (χ2n) is 3.79. The standard InChI is InChI=1S/C10H16N2O/c1-7(2)8(3)10(13)9-5-11-6-12(9)4/h5-8H,1-4H3. The second kappa shape index (κ2) is 3.73. The molecule has 0 saturated heterocycles. The average Bonchev–Trinajstić information content (AvgIpc) is 2.48. The maximum Gasteiger partial charge on any atom is 0.183 e. The van der Waals surface area contributed by atoms with E-state index < -0.39 is 0 Å². The molecule has 3 heteroatoms. The number of hydrogen-bond acceptors (Lipinski definition) is 2. The summed E-state index contributed by atoms with van der Waals surface area (Å²) in [5.74, 6) is 0.618. The molecule has 72 valence electrons. The molecule has 1 aromatic heterocycles. The van der Waals surface area contributed by atoms with Gasteiger partial charge in [-0.2, -0.15) is 0 Å². The van der Waals surface area contributed by atoms with Crippen LogP contribution in [0.4, 0.5) is 0 Å². The predicted molar refractivity (Wildman–Crippen MR) is 51.5 cm³/mol. The van der Waals surface area contributed by atoms with E-state index in [1.165, 1.54) is 0 Å². The Kier molecular flexibility index (Phi) is 2.86. The zero-order valence-electron chi connectivity index (χ0n) is 8.61. The normalized spacial score (nSPS) is 13.3. The molecule has 0 saturated carbocycles. The van der Waals surface area contributed by atoms with Gasteiger partial charge in [0, 0.05) is 13.0 Å². The van der Waals surface area contributed by atoms with E-state index in [2.05, 4.69) is 18.8 Å². The molecule has 1 rings (SSSR count). The van der Waals surface area contributed by atoms with Crippen molar-refractivity contribution in [2.45, 2.75) is 20.8 Å². The first-order valence-electron chi connectivity index (χ1n) is 4.54. The molecule has 3 nitrogen and oxygen atoms in total. The first-order valence-corrected chi connectivity index (χ1v) is 4.54.